The van der Waals surface area contributed by atoms with Crippen molar-refractivity contribution in [2.24, 2.45) is 0 Å². The van der Waals surface area contributed by atoms with E-state index in [1.165, 1.54) is 0 Å². The minimum Gasteiger partial charge on any atom is -0.469 e. The molecule has 4 nitrogen and oxygen atoms in total. The van der Waals surface area contributed by atoms with Crippen LogP contribution in [0.3, 0.4) is 0 Å². The molecule has 0 atom stereocenters. The second-order valence-corrected chi connectivity index (χ2v) is 4.03. The smallest absolute Gasteiger partial charge is 0.165 e. The van der Waals surface area contributed by atoms with Gasteiger partial charge in [-0.3, -0.25) is 0 Å². The first-order valence-corrected chi connectivity index (χ1v) is 5.77. The van der Waals surface area contributed by atoms with Crippen LogP contribution in [0, 0.1) is 20.8 Å². The fourth-order valence-corrected chi connectivity index (χ4v) is 1.71. The summed E-state index contributed by atoms with van der Waals surface area (Å²) in [6, 6.07) is 1.90. The first-order valence-electron chi connectivity index (χ1n) is 5.77. The maximum atomic E-state index is 5.29. The molecule has 0 saturated heterocycles. The summed E-state index contributed by atoms with van der Waals surface area (Å²) in [5, 5.41) is 3.26. The first kappa shape index (κ1) is 11.6. The number of nitrogens with one attached hydrogen (secondary N) is 1. The zero-order valence-electron chi connectivity index (χ0n) is 10.7. The summed E-state index contributed by atoms with van der Waals surface area (Å²) in [6.45, 7) is 8.84. The molecule has 2 rings (SSSR count). The van der Waals surface area contributed by atoms with Crippen LogP contribution in [0.15, 0.2) is 16.7 Å². The molecule has 0 fully saturated rings. The van der Waals surface area contributed by atoms with Gasteiger partial charge in [-0.05, 0) is 33.8 Å². The maximum Gasteiger partial charge on any atom is 0.165 e. The summed E-state index contributed by atoms with van der Waals surface area (Å²) in [5.74, 6) is 2.46. The Balaban J connectivity index is 2.53. The number of aryl methyl sites for hydroxylation is 2. The Hall–Kier alpha value is -1.84. The molecule has 0 saturated carbocycles. The van der Waals surface area contributed by atoms with Crippen molar-refractivity contribution in [3.63, 3.8) is 0 Å². The number of aromatic nitrogens is 2. The fourth-order valence-electron chi connectivity index (χ4n) is 1.71. The van der Waals surface area contributed by atoms with Crippen molar-refractivity contribution >= 4 is 5.82 Å². The van der Waals surface area contributed by atoms with E-state index >= 15 is 0 Å². The second-order valence-electron chi connectivity index (χ2n) is 4.03. The van der Waals surface area contributed by atoms with Gasteiger partial charge in [-0.25, -0.2) is 9.97 Å². The van der Waals surface area contributed by atoms with E-state index < -0.39 is 0 Å². The summed E-state index contributed by atoms with van der Waals surface area (Å²) in [6.07, 6.45) is 1.66. The number of nitrogens with zero attached hydrogens (tertiary/aromatic N) is 2. The lowest BCUT2D eigenvalue weighted by atomic mass is 10.2. The Morgan fingerprint density at radius 3 is 2.59 bits per heavy atom. The van der Waals surface area contributed by atoms with E-state index in [4.69, 9.17) is 4.42 Å². The van der Waals surface area contributed by atoms with Gasteiger partial charge in [0.15, 0.2) is 5.82 Å². The molecule has 0 bridgehead atoms. The highest BCUT2D eigenvalue weighted by molar-refractivity contribution is 5.61. The number of hydrogen-bond donors (Lipinski definition) is 1. The van der Waals surface area contributed by atoms with Crippen molar-refractivity contribution in [3.8, 4) is 11.4 Å². The highest BCUT2D eigenvalue weighted by Gasteiger charge is 2.12. The molecule has 0 amide bonds. The topological polar surface area (TPSA) is 51.0 Å². The van der Waals surface area contributed by atoms with Crippen LogP contribution in [0.1, 0.15) is 23.9 Å². The molecule has 2 aromatic rings. The van der Waals surface area contributed by atoms with Gasteiger partial charge >= 0.3 is 0 Å². The van der Waals surface area contributed by atoms with Crippen LogP contribution in [-0.4, -0.2) is 16.5 Å². The predicted octanol–water partition coefficient (Wildman–Crippen LogP) is 3.09. The summed E-state index contributed by atoms with van der Waals surface area (Å²) < 4.78 is 5.29. The lowest BCUT2D eigenvalue weighted by molar-refractivity contribution is 0.535. The van der Waals surface area contributed by atoms with Crippen molar-refractivity contribution in [2.75, 3.05) is 11.9 Å². The molecular formula is C13H17N3O. The van der Waals surface area contributed by atoms with Crippen LogP contribution in [0.5, 0.6) is 0 Å². The van der Waals surface area contributed by atoms with Crippen molar-refractivity contribution in [1.29, 1.82) is 0 Å². The molecular weight excluding hydrogens is 214 g/mol. The third-order valence-corrected chi connectivity index (χ3v) is 2.83. The Labute approximate surface area is 101 Å². The van der Waals surface area contributed by atoms with E-state index in [9.17, 15) is 0 Å². The van der Waals surface area contributed by atoms with Gasteiger partial charge in [0.2, 0.25) is 0 Å². The van der Waals surface area contributed by atoms with Gasteiger partial charge in [0.25, 0.3) is 0 Å². The monoisotopic (exact) mass is 231 g/mol. The molecule has 4 heteroatoms. The van der Waals surface area contributed by atoms with Gasteiger partial charge in [-0.15, -0.1) is 0 Å². The van der Waals surface area contributed by atoms with Crippen LogP contribution in [-0.2, 0) is 0 Å². The van der Waals surface area contributed by atoms with Crippen LogP contribution < -0.4 is 5.32 Å². The third-order valence-electron chi connectivity index (χ3n) is 2.83. The maximum absolute atomic E-state index is 5.29. The van der Waals surface area contributed by atoms with E-state index in [-0.39, 0.29) is 0 Å². The number of anilines is 1. The number of furan rings is 1. The fraction of sp³-hybridized carbons (Fsp3) is 0.385. The Kier molecular flexibility index (Phi) is 3.13. The van der Waals surface area contributed by atoms with E-state index in [2.05, 4.69) is 22.2 Å². The number of hydrogen-bond acceptors (Lipinski definition) is 4. The van der Waals surface area contributed by atoms with Crippen molar-refractivity contribution in [3.05, 3.63) is 29.3 Å². The minimum absolute atomic E-state index is 0.718. The largest absolute Gasteiger partial charge is 0.469 e. The first-order chi connectivity index (χ1) is 8.13. The SMILES string of the molecule is CCNc1nc(-c2ccoc2C)nc(C)c1C. The van der Waals surface area contributed by atoms with Crippen molar-refractivity contribution in [1.82, 2.24) is 9.97 Å². The Morgan fingerprint density at radius 1 is 1.24 bits per heavy atom. The molecule has 17 heavy (non-hydrogen) atoms. The minimum atomic E-state index is 0.718. The third kappa shape index (κ3) is 2.16. The summed E-state index contributed by atoms with van der Waals surface area (Å²) in [4.78, 5) is 9.05. The van der Waals surface area contributed by atoms with Crippen molar-refractivity contribution in [2.45, 2.75) is 27.7 Å². The zero-order chi connectivity index (χ0) is 12.4. The molecule has 0 aromatic carbocycles. The zero-order valence-corrected chi connectivity index (χ0v) is 10.7. The Morgan fingerprint density at radius 2 is 2.00 bits per heavy atom. The normalized spacial score (nSPS) is 10.6. The molecule has 0 aliphatic heterocycles. The van der Waals surface area contributed by atoms with Crippen molar-refractivity contribution < 1.29 is 4.42 Å². The van der Waals surface area contributed by atoms with E-state index in [1.807, 2.05) is 26.8 Å². The Bertz CT molecular complexity index is 531. The summed E-state index contributed by atoms with van der Waals surface area (Å²) in [7, 11) is 0. The average Bonchev–Trinajstić information content (AvgIpc) is 2.71. The highest BCUT2D eigenvalue weighted by Crippen LogP contribution is 2.24. The van der Waals surface area contributed by atoms with E-state index in [0.29, 0.717) is 0 Å². The lowest BCUT2D eigenvalue weighted by Gasteiger charge is -2.10. The molecule has 0 unspecified atom stereocenters. The molecule has 90 valence electrons. The molecule has 0 spiro atoms. The van der Waals surface area contributed by atoms with Gasteiger partial charge in [0.1, 0.15) is 11.6 Å². The molecule has 0 aliphatic carbocycles. The number of rotatable bonds is 3. The average molecular weight is 231 g/mol. The van der Waals surface area contributed by atoms with Crippen LogP contribution in [0.2, 0.25) is 0 Å². The van der Waals surface area contributed by atoms with Crippen LogP contribution in [0.25, 0.3) is 11.4 Å². The second kappa shape index (κ2) is 4.57. The van der Waals surface area contributed by atoms with Gasteiger partial charge in [0, 0.05) is 17.8 Å². The lowest BCUT2D eigenvalue weighted by Crippen LogP contribution is -2.06. The van der Waals surface area contributed by atoms with Gasteiger partial charge < -0.3 is 9.73 Å². The molecule has 1 N–H and O–H groups in total. The van der Waals surface area contributed by atoms with E-state index in [0.717, 1.165) is 40.8 Å². The van der Waals surface area contributed by atoms with E-state index in [1.54, 1.807) is 6.26 Å². The van der Waals surface area contributed by atoms with Gasteiger partial charge in [-0.1, -0.05) is 0 Å². The van der Waals surface area contributed by atoms with Crippen LogP contribution >= 0.6 is 0 Å². The summed E-state index contributed by atoms with van der Waals surface area (Å²) >= 11 is 0. The predicted molar refractivity (Wildman–Crippen MR) is 68.1 cm³/mol. The van der Waals surface area contributed by atoms with Gasteiger partial charge in [0.05, 0.1) is 11.8 Å². The molecule has 0 aliphatic rings. The highest BCUT2D eigenvalue weighted by atomic mass is 16.3. The molecule has 2 heterocycles. The molecule has 0 radical (unpaired) electrons. The van der Waals surface area contributed by atoms with Crippen LogP contribution in [0.4, 0.5) is 5.82 Å². The molecule has 2 aromatic heterocycles. The van der Waals surface area contributed by atoms with Gasteiger partial charge in [-0.2, -0.15) is 0 Å². The standard InChI is InChI=1S/C13H17N3O/c1-5-14-12-8(2)9(3)15-13(16-12)11-6-7-17-10(11)4/h6-7H,5H2,1-4H3,(H,14,15,16). The summed E-state index contributed by atoms with van der Waals surface area (Å²) in [5.41, 5.74) is 3.04. The quantitative estimate of drug-likeness (QED) is 0.881.